The van der Waals surface area contributed by atoms with Crippen LogP contribution >= 0.6 is 11.8 Å². The predicted octanol–water partition coefficient (Wildman–Crippen LogP) is 3.74. The van der Waals surface area contributed by atoms with Crippen molar-refractivity contribution >= 4 is 34.3 Å². The number of carbonyl (C=O) groups is 1. The zero-order valence-corrected chi connectivity index (χ0v) is 16.6. The summed E-state index contributed by atoms with van der Waals surface area (Å²) in [7, 11) is 0. The molecule has 1 atom stereocenters. The van der Waals surface area contributed by atoms with Gasteiger partial charge < -0.3 is 9.88 Å². The Balaban J connectivity index is 1.43. The van der Waals surface area contributed by atoms with E-state index in [1.807, 2.05) is 23.7 Å². The summed E-state index contributed by atoms with van der Waals surface area (Å²) in [5, 5.41) is 16.4. The molecule has 1 unspecified atom stereocenters. The van der Waals surface area contributed by atoms with Gasteiger partial charge in [-0.1, -0.05) is 25.6 Å². The number of benzene rings is 1. The fraction of sp³-hybridized carbons (Fsp3) is 0.474. The minimum Gasteiger partial charge on any atom is -0.347 e. The highest BCUT2D eigenvalue weighted by atomic mass is 32.2. The minimum absolute atomic E-state index is 0.0497. The van der Waals surface area contributed by atoms with Crippen LogP contribution in [0.25, 0.3) is 10.9 Å². The smallest absolute Gasteiger partial charge is 0.237 e. The molecule has 7 nitrogen and oxygen atoms in total. The third-order valence-electron chi connectivity index (χ3n) is 4.61. The molecule has 0 spiro atoms. The molecular weight excluding hydrogens is 360 g/mol. The van der Waals surface area contributed by atoms with Crippen LogP contribution in [0.2, 0.25) is 0 Å². The van der Waals surface area contributed by atoms with E-state index in [0.717, 1.165) is 30.5 Å². The molecule has 1 aliphatic carbocycles. The van der Waals surface area contributed by atoms with Crippen LogP contribution in [0.5, 0.6) is 0 Å². The van der Waals surface area contributed by atoms with Gasteiger partial charge in [-0.2, -0.15) is 0 Å². The van der Waals surface area contributed by atoms with Gasteiger partial charge in [0.25, 0.3) is 0 Å². The lowest BCUT2D eigenvalue weighted by atomic mass is 10.2. The molecule has 1 N–H and O–H groups in total. The lowest BCUT2D eigenvalue weighted by molar-refractivity contribution is -0.115. The molecule has 1 aliphatic rings. The Morgan fingerprint density at radius 3 is 2.85 bits per heavy atom. The summed E-state index contributed by atoms with van der Waals surface area (Å²) in [6, 6.07) is 8.54. The average molecular weight is 385 g/mol. The summed E-state index contributed by atoms with van der Waals surface area (Å²) < 4.78 is 4.08. The molecule has 3 aromatic rings. The van der Waals surface area contributed by atoms with Crippen LogP contribution in [0.4, 0.5) is 5.69 Å². The molecule has 8 heteroatoms. The van der Waals surface area contributed by atoms with Gasteiger partial charge in [0.2, 0.25) is 11.1 Å². The number of amides is 1. The first-order valence-corrected chi connectivity index (χ1v) is 10.2. The highest BCUT2D eigenvalue weighted by Gasteiger charge is 2.29. The fourth-order valence-electron chi connectivity index (χ4n) is 3.10. The molecule has 4 rings (SSSR count). The number of nitrogens with one attached hydrogen (secondary N) is 1. The van der Waals surface area contributed by atoms with Crippen molar-refractivity contribution in [3.63, 3.8) is 0 Å². The molecule has 142 valence electrons. The van der Waals surface area contributed by atoms with Crippen LogP contribution in [0.1, 0.15) is 39.7 Å². The van der Waals surface area contributed by atoms with Crippen molar-refractivity contribution in [1.82, 2.24) is 24.8 Å². The zero-order valence-electron chi connectivity index (χ0n) is 15.8. The fourth-order valence-corrected chi connectivity index (χ4v) is 3.96. The molecule has 1 fully saturated rings. The van der Waals surface area contributed by atoms with E-state index in [1.165, 1.54) is 17.3 Å². The van der Waals surface area contributed by atoms with Crippen LogP contribution in [0.15, 0.2) is 35.6 Å². The monoisotopic (exact) mass is 384 g/mol. The van der Waals surface area contributed by atoms with E-state index in [-0.39, 0.29) is 11.2 Å². The first kappa shape index (κ1) is 18.0. The van der Waals surface area contributed by atoms with Crippen LogP contribution in [0, 0.1) is 5.92 Å². The van der Waals surface area contributed by atoms with E-state index in [9.17, 15) is 4.79 Å². The van der Waals surface area contributed by atoms with Crippen molar-refractivity contribution in [3.05, 3.63) is 30.5 Å². The van der Waals surface area contributed by atoms with Crippen molar-refractivity contribution in [1.29, 1.82) is 0 Å². The summed E-state index contributed by atoms with van der Waals surface area (Å²) >= 11 is 1.40. The Labute approximate surface area is 162 Å². The second kappa shape index (κ2) is 7.34. The van der Waals surface area contributed by atoms with E-state index < -0.39 is 0 Å². The van der Waals surface area contributed by atoms with Gasteiger partial charge in [-0.3, -0.25) is 4.79 Å². The Morgan fingerprint density at radius 2 is 2.11 bits per heavy atom. The van der Waals surface area contributed by atoms with Crippen LogP contribution in [0.3, 0.4) is 0 Å². The van der Waals surface area contributed by atoms with Crippen LogP contribution < -0.4 is 5.32 Å². The molecule has 0 bridgehead atoms. The van der Waals surface area contributed by atoms with Crippen LogP contribution in [-0.2, 0) is 11.3 Å². The molecule has 2 aromatic heterocycles. The summed E-state index contributed by atoms with van der Waals surface area (Å²) in [4.78, 5) is 12.6. The number of carbonyl (C=O) groups excluding carboxylic acids is 1. The van der Waals surface area contributed by atoms with E-state index in [0.29, 0.717) is 17.1 Å². The van der Waals surface area contributed by atoms with Gasteiger partial charge in [0.15, 0.2) is 0 Å². The number of aromatic nitrogens is 5. The predicted molar refractivity (Wildman–Crippen MR) is 107 cm³/mol. The molecule has 1 aromatic carbocycles. The average Bonchev–Trinajstić information content (AvgIpc) is 3.25. The number of hydrogen-bond donors (Lipinski definition) is 1. The summed E-state index contributed by atoms with van der Waals surface area (Å²) in [6.45, 7) is 7.28. The Kier molecular flexibility index (Phi) is 4.90. The number of fused-ring (bicyclic) bond motifs is 1. The lowest BCUT2D eigenvalue weighted by Gasteiger charge is -2.12. The number of hydrogen-bond acceptors (Lipinski definition) is 5. The quantitative estimate of drug-likeness (QED) is 0.628. The Hall–Kier alpha value is -2.35. The number of anilines is 1. The van der Waals surface area contributed by atoms with E-state index in [1.54, 1.807) is 0 Å². The van der Waals surface area contributed by atoms with Gasteiger partial charge in [0.05, 0.1) is 11.3 Å². The third-order valence-corrected chi connectivity index (χ3v) is 5.65. The summed E-state index contributed by atoms with van der Waals surface area (Å²) in [6.07, 6.45) is 4.32. The first-order valence-electron chi connectivity index (χ1n) is 9.35. The van der Waals surface area contributed by atoms with Crippen molar-refractivity contribution < 1.29 is 4.79 Å². The molecule has 1 saturated carbocycles. The molecule has 0 aliphatic heterocycles. The van der Waals surface area contributed by atoms with E-state index >= 15 is 0 Å². The molecular formula is C19H24N6OS. The van der Waals surface area contributed by atoms with Gasteiger partial charge in [-0.25, -0.2) is 4.68 Å². The minimum atomic E-state index is -0.283. The zero-order chi connectivity index (χ0) is 19.0. The number of rotatable bonds is 7. The standard InChI is InChI=1S/C19H24N6OS/c1-12(2)11-24-9-8-14-10-15(4-7-17(14)24)20-18(26)13(3)27-19-21-22-23-25(19)16-5-6-16/h4,7-10,12-13,16H,5-6,11H2,1-3H3,(H,20,26). The van der Waals surface area contributed by atoms with Gasteiger partial charge in [-0.15, -0.1) is 5.10 Å². The first-order chi connectivity index (χ1) is 13.0. The molecule has 0 radical (unpaired) electrons. The van der Waals surface area contributed by atoms with Crippen molar-refractivity contribution in [3.8, 4) is 0 Å². The second-order valence-electron chi connectivity index (χ2n) is 7.52. The van der Waals surface area contributed by atoms with Crippen molar-refractivity contribution in [2.75, 3.05) is 5.32 Å². The Bertz CT molecular complexity index is 958. The van der Waals surface area contributed by atoms with Crippen LogP contribution in [-0.4, -0.2) is 35.9 Å². The highest BCUT2D eigenvalue weighted by molar-refractivity contribution is 8.00. The normalized spacial score (nSPS) is 15.4. The Morgan fingerprint density at radius 1 is 1.30 bits per heavy atom. The maximum absolute atomic E-state index is 12.6. The maximum atomic E-state index is 12.6. The van der Waals surface area contributed by atoms with Gasteiger partial charge in [0.1, 0.15) is 0 Å². The molecule has 0 saturated heterocycles. The van der Waals surface area contributed by atoms with Crippen molar-refractivity contribution in [2.24, 2.45) is 5.92 Å². The van der Waals surface area contributed by atoms with Gasteiger partial charge in [0, 0.05) is 29.3 Å². The molecule has 27 heavy (non-hydrogen) atoms. The number of nitrogens with zero attached hydrogens (tertiary/aromatic N) is 5. The highest BCUT2D eigenvalue weighted by Crippen LogP contribution is 2.37. The molecule has 2 heterocycles. The van der Waals surface area contributed by atoms with E-state index in [4.69, 9.17) is 0 Å². The third kappa shape index (κ3) is 4.00. The SMILES string of the molecule is CC(C)Cn1ccc2cc(NC(=O)C(C)Sc3nnnn3C3CC3)ccc21. The van der Waals surface area contributed by atoms with E-state index in [2.05, 4.69) is 57.6 Å². The lowest BCUT2D eigenvalue weighted by Crippen LogP contribution is -2.23. The van der Waals surface area contributed by atoms with Gasteiger partial charge in [-0.05, 0) is 60.4 Å². The molecule has 1 amide bonds. The largest absolute Gasteiger partial charge is 0.347 e. The summed E-state index contributed by atoms with van der Waals surface area (Å²) in [5.74, 6) is 0.538. The number of tetrazole rings is 1. The van der Waals surface area contributed by atoms with Gasteiger partial charge >= 0.3 is 0 Å². The topological polar surface area (TPSA) is 77.6 Å². The summed E-state index contributed by atoms with van der Waals surface area (Å²) in [5.41, 5.74) is 2.00. The number of thioether (sulfide) groups is 1. The second-order valence-corrected chi connectivity index (χ2v) is 8.83. The maximum Gasteiger partial charge on any atom is 0.237 e. The van der Waals surface area contributed by atoms with Crippen molar-refractivity contribution in [2.45, 2.75) is 56.6 Å².